The number of amides is 1. The van der Waals surface area contributed by atoms with Gasteiger partial charge in [-0.25, -0.2) is 4.98 Å². The van der Waals surface area contributed by atoms with Crippen LogP contribution in [-0.4, -0.2) is 21.2 Å². The molecular weight excluding hydrogens is 326 g/mol. The zero-order valence-corrected chi connectivity index (χ0v) is 13.8. The number of aromatic nitrogens is 2. The minimum absolute atomic E-state index is 0.0595. The van der Waals surface area contributed by atoms with Gasteiger partial charge in [-0.3, -0.25) is 14.2 Å². The Bertz CT molecular complexity index is 959. The fourth-order valence-corrected chi connectivity index (χ4v) is 3.65. The maximum Gasteiger partial charge on any atom is 0.267 e. The van der Waals surface area contributed by atoms with Crippen molar-refractivity contribution in [1.82, 2.24) is 14.9 Å². The second-order valence-corrected chi connectivity index (χ2v) is 6.70. The molecule has 0 saturated heterocycles. The van der Waals surface area contributed by atoms with Gasteiger partial charge >= 0.3 is 0 Å². The van der Waals surface area contributed by atoms with Crippen LogP contribution < -0.4 is 10.9 Å². The van der Waals surface area contributed by atoms with Crippen LogP contribution in [0.25, 0.3) is 11.0 Å². The Kier molecular flexibility index (Phi) is 3.65. The van der Waals surface area contributed by atoms with Crippen LogP contribution in [0.4, 0.5) is 0 Å². The van der Waals surface area contributed by atoms with Crippen molar-refractivity contribution in [3.8, 4) is 0 Å². The third-order valence-corrected chi connectivity index (χ3v) is 4.99. The molecule has 0 spiro atoms. The first-order valence-corrected chi connectivity index (χ1v) is 8.64. The number of nitrogens with zero attached hydrogens (tertiary/aromatic N) is 2. The summed E-state index contributed by atoms with van der Waals surface area (Å²) in [5.74, 6) is 1.02. The van der Waals surface area contributed by atoms with E-state index in [2.05, 4.69) is 10.3 Å². The first kappa shape index (κ1) is 15.0. The Morgan fingerprint density at radius 2 is 2.25 bits per heavy atom. The van der Waals surface area contributed by atoms with Crippen molar-refractivity contribution in [2.75, 3.05) is 5.75 Å². The van der Waals surface area contributed by atoms with E-state index in [1.54, 1.807) is 4.57 Å². The molecule has 1 aromatic carbocycles. The summed E-state index contributed by atoms with van der Waals surface area (Å²) in [4.78, 5) is 29.0. The average molecular weight is 341 g/mol. The van der Waals surface area contributed by atoms with Crippen molar-refractivity contribution in [3.05, 3.63) is 58.2 Å². The van der Waals surface area contributed by atoms with Gasteiger partial charge in [-0.15, -0.1) is 0 Å². The number of furan rings is 1. The molecule has 0 unspecified atom stereocenters. The van der Waals surface area contributed by atoms with Gasteiger partial charge < -0.3 is 9.73 Å². The summed E-state index contributed by atoms with van der Waals surface area (Å²) in [7, 11) is 0. The van der Waals surface area contributed by atoms with Crippen LogP contribution in [0.2, 0.25) is 0 Å². The van der Waals surface area contributed by atoms with Crippen LogP contribution in [-0.2, 0) is 6.54 Å². The number of hydrogen-bond donors (Lipinski definition) is 1. The minimum atomic E-state index is -0.437. The summed E-state index contributed by atoms with van der Waals surface area (Å²) in [5, 5.41) is 4.46. The Morgan fingerprint density at radius 3 is 3.08 bits per heavy atom. The molecule has 1 aliphatic rings. The van der Waals surface area contributed by atoms with Crippen LogP contribution in [0.15, 0.2) is 50.9 Å². The van der Waals surface area contributed by atoms with E-state index in [0.29, 0.717) is 17.5 Å². The molecule has 24 heavy (non-hydrogen) atoms. The zero-order valence-electron chi connectivity index (χ0n) is 13.0. The molecule has 3 aromatic rings. The van der Waals surface area contributed by atoms with Crippen molar-refractivity contribution in [2.24, 2.45) is 0 Å². The molecule has 1 aliphatic heterocycles. The number of benzene rings is 1. The van der Waals surface area contributed by atoms with E-state index in [-0.39, 0.29) is 17.2 Å². The highest BCUT2D eigenvalue weighted by molar-refractivity contribution is 7.99. The lowest BCUT2D eigenvalue weighted by molar-refractivity contribution is 0.0932. The normalized spacial score (nSPS) is 14.5. The highest BCUT2D eigenvalue weighted by Crippen LogP contribution is 2.24. The van der Waals surface area contributed by atoms with E-state index in [0.717, 1.165) is 16.7 Å². The molecule has 0 saturated carbocycles. The molecule has 7 heteroatoms. The molecule has 6 nitrogen and oxygen atoms in total. The van der Waals surface area contributed by atoms with Gasteiger partial charge in [0.15, 0.2) is 5.16 Å². The van der Waals surface area contributed by atoms with Crippen LogP contribution in [0.3, 0.4) is 0 Å². The molecule has 1 N–H and O–H groups in total. The van der Waals surface area contributed by atoms with E-state index in [1.807, 2.05) is 37.3 Å². The number of fused-ring (bicyclic) bond motifs is 2. The summed E-state index contributed by atoms with van der Waals surface area (Å²) >= 11 is 1.52. The molecule has 1 atom stereocenters. The summed E-state index contributed by atoms with van der Waals surface area (Å²) in [6.07, 6.45) is 1.35. The van der Waals surface area contributed by atoms with E-state index in [4.69, 9.17) is 4.42 Å². The lowest BCUT2D eigenvalue weighted by Gasteiger charge is -2.11. The lowest BCUT2D eigenvalue weighted by atomic mass is 10.2. The maximum absolute atomic E-state index is 12.5. The Morgan fingerprint density at radius 1 is 1.42 bits per heavy atom. The number of nitrogens with one attached hydrogen (secondary N) is 1. The van der Waals surface area contributed by atoms with E-state index in [1.165, 1.54) is 18.0 Å². The molecular formula is C17H15N3O3S. The molecule has 0 radical (unpaired) electrons. The third kappa shape index (κ3) is 2.50. The highest BCUT2D eigenvalue weighted by atomic mass is 32.2. The van der Waals surface area contributed by atoms with Crippen molar-refractivity contribution in [2.45, 2.75) is 24.7 Å². The van der Waals surface area contributed by atoms with Gasteiger partial charge in [0.25, 0.3) is 11.5 Å². The average Bonchev–Trinajstić information content (AvgIpc) is 3.21. The number of para-hydroxylation sites is 1. The predicted molar refractivity (Wildman–Crippen MR) is 91.3 cm³/mol. The summed E-state index contributed by atoms with van der Waals surface area (Å²) in [6.45, 7) is 2.41. The maximum atomic E-state index is 12.5. The van der Waals surface area contributed by atoms with Gasteiger partial charge in [-0.1, -0.05) is 30.0 Å². The predicted octanol–water partition coefficient (Wildman–Crippen LogP) is 2.59. The Hall–Kier alpha value is -2.54. The van der Waals surface area contributed by atoms with Gasteiger partial charge in [0.05, 0.1) is 6.04 Å². The number of carbonyl (C=O) groups is 1. The zero-order chi connectivity index (χ0) is 16.7. The van der Waals surface area contributed by atoms with Crippen LogP contribution >= 0.6 is 11.8 Å². The number of carbonyl (C=O) groups excluding carboxylic acids is 1. The molecule has 122 valence electrons. The van der Waals surface area contributed by atoms with Gasteiger partial charge in [0, 0.05) is 23.9 Å². The Balaban J connectivity index is 1.58. The van der Waals surface area contributed by atoms with Crippen molar-refractivity contribution in [1.29, 1.82) is 0 Å². The standard InChI is InChI=1S/C17H15N3O3S/c1-10(14-8-11-4-2-3-5-13(11)23-14)19-15(21)12-9-18-17-20(16(12)22)6-7-24-17/h2-5,8-10H,6-7H2,1H3,(H,19,21)/t10-/m1/s1. The van der Waals surface area contributed by atoms with Crippen molar-refractivity contribution < 1.29 is 9.21 Å². The summed E-state index contributed by atoms with van der Waals surface area (Å²) in [5.41, 5.74) is 0.536. The van der Waals surface area contributed by atoms with Gasteiger partial charge in [0.2, 0.25) is 0 Å². The first-order chi connectivity index (χ1) is 11.6. The number of hydrogen-bond acceptors (Lipinski definition) is 5. The number of rotatable bonds is 3. The van der Waals surface area contributed by atoms with Crippen molar-refractivity contribution in [3.63, 3.8) is 0 Å². The molecule has 1 amide bonds. The summed E-state index contributed by atoms with van der Waals surface area (Å²) in [6, 6.07) is 9.20. The molecule has 3 heterocycles. The highest BCUT2D eigenvalue weighted by Gasteiger charge is 2.22. The first-order valence-electron chi connectivity index (χ1n) is 7.65. The second-order valence-electron chi connectivity index (χ2n) is 5.64. The smallest absolute Gasteiger partial charge is 0.267 e. The molecule has 0 fully saturated rings. The molecule has 2 aromatic heterocycles. The topological polar surface area (TPSA) is 77.1 Å². The minimum Gasteiger partial charge on any atom is -0.459 e. The van der Waals surface area contributed by atoms with Gasteiger partial charge in [0.1, 0.15) is 16.9 Å². The summed E-state index contributed by atoms with van der Waals surface area (Å²) < 4.78 is 7.30. The third-order valence-electron chi connectivity index (χ3n) is 4.02. The van der Waals surface area contributed by atoms with Crippen LogP contribution in [0.5, 0.6) is 0 Å². The monoisotopic (exact) mass is 341 g/mol. The largest absolute Gasteiger partial charge is 0.459 e. The van der Waals surface area contributed by atoms with E-state index in [9.17, 15) is 9.59 Å². The van der Waals surface area contributed by atoms with Crippen LogP contribution in [0.1, 0.15) is 29.1 Å². The van der Waals surface area contributed by atoms with Gasteiger partial charge in [-0.2, -0.15) is 0 Å². The molecule has 0 bridgehead atoms. The second kappa shape index (κ2) is 5.83. The quantitative estimate of drug-likeness (QED) is 0.741. The van der Waals surface area contributed by atoms with E-state index < -0.39 is 5.91 Å². The molecule has 4 rings (SSSR count). The van der Waals surface area contributed by atoms with Gasteiger partial charge in [-0.05, 0) is 19.1 Å². The van der Waals surface area contributed by atoms with E-state index >= 15 is 0 Å². The Labute approximate surface area is 141 Å². The lowest BCUT2D eigenvalue weighted by Crippen LogP contribution is -2.34. The number of thioether (sulfide) groups is 1. The van der Waals surface area contributed by atoms with Crippen molar-refractivity contribution >= 4 is 28.6 Å². The van der Waals surface area contributed by atoms with Crippen LogP contribution in [0, 0.1) is 0 Å². The fraction of sp³-hybridized carbons (Fsp3) is 0.235. The molecule has 0 aliphatic carbocycles. The SMILES string of the molecule is C[C@@H](NC(=O)c1cnc2n(c1=O)CCS2)c1cc2ccccc2o1. The fourth-order valence-electron chi connectivity index (χ4n) is 2.73.